The first-order valence-electron chi connectivity index (χ1n) is 4.47. The number of fused-ring (bicyclic) bond motifs is 1. The van der Waals surface area contributed by atoms with E-state index in [1.54, 1.807) is 14.2 Å². The molecular weight excluding hydrogens is 156 g/mol. The molecule has 0 N–H and O–H groups in total. The van der Waals surface area contributed by atoms with Gasteiger partial charge in [0.2, 0.25) is 0 Å². The van der Waals surface area contributed by atoms with Gasteiger partial charge in [-0.15, -0.1) is 0 Å². The molecule has 3 aliphatic rings. The molecule has 3 heteroatoms. The van der Waals surface area contributed by atoms with E-state index in [0.717, 1.165) is 13.2 Å². The molecule has 3 fully saturated rings. The molecule has 0 aromatic rings. The number of epoxide rings is 1. The Balaban J connectivity index is 0.000000169. The molecule has 2 spiro atoms. The zero-order valence-corrected chi connectivity index (χ0v) is 7.76. The number of rotatable bonds is 0. The summed E-state index contributed by atoms with van der Waals surface area (Å²) in [6.07, 6.45) is 3.73. The fourth-order valence-corrected chi connectivity index (χ4v) is 2.08. The van der Waals surface area contributed by atoms with E-state index in [4.69, 9.17) is 9.47 Å². The predicted molar refractivity (Wildman–Crippen MR) is 44.2 cm³/mol. The number of hydrogen-bond donors (Lipinski definition) is 0. The van der Waals surface area contributed by atoms with Gasteiger partial charge in [0.25, 0.3) is 0 Å². The predicted octanol–water partition coefficient (Wildman–Crippen LogP) is 0.971. The summed E-state index contributed by atoms with van der Waals surface area (Å²) in [6.45, 7) is 1.93. The van der Waals surface area contributed by atoms with Gasteiger partial charge < -0.3 is 14.2 Å². The van der Waals surface area contributed by atoms with Gasteiger partial charge in [0.15, 0.2) is 0 Å². The molecule has 1 saturated carbocycles. The smallest absolute Gasteiger partial charge is 0.121 e. The summed E-state index contributed by atoms with van der Waals surface area (Å²) in [5.41, 5.74) is 0.470. The lowest BCUT2D eigenvalue weighted by Gasteiger charge is -2.53. The highest BCUT2D eigenvalue weighted by atomic mass is 16.6. The molecule has 12 heavy (non-hydrogen) atoms. The van der Waals surface area contributed by atoms with Crippen molar-refractivity contribution >= 4 is 0 Å². The Labute approximate surface area is 73.0 Å². The van der Waals surface area contributed by atoms with Crippen molar-refractivity contribution in [2.45, 2.75) is 30.5 Å². The Morgan fingerprint density at radius 2 is 1.50 bits per heavy atom. The van der Waals surface area contributed by atoms with Crippen LogP contribution in [0.15, 0.2) is 0 Å². The Kier molecular flexibility index (Phi) is 1.90. The van der Waals surface area contributed by atoms with Gasteiger partial charge in [-0.05, 0) is 12.8 Å². The van der Waals surface area contributed by atoms with Crippen LogP contribution in [0.2, 0.25) is 0 Å². The molecule has 2 heterocycles. The van der Waals surface area contributed by atoms with Crippen LogP contribution in [0.25, 0.3) is 0 Å². The summed E-state index contributed by atoms with van der Waals surface area (Å²) in [5, 5.41) is 0. The van der Waals surface area contributed by atoms with Gasteiger partial charge in [0, 0.05) is 20.6 Å². The van der Waals surface area contributed by atoms with Crippen LogP contribution in [0.4, 0.5) is 0 Å². The van der Waals surface area contributed by atoms with Gasteiger partial charge in [0.05, 0.1) is 13.2 Å². The lowest BCUT2D eigenvalue weighted by molar-refractivity contribution is -0.236. The van der Waals surface area contributed by atoms with Gasteiger partial charge in [-0.25, -0.2) is 0 Å². The Morgan fingerprint density at radius 3 is 1.58 bits per heavy atom. The van der Waals surface area contributed by atoms with E-state index in [0.29, 0.717) is 0 Å². The molecule has 2 unspecified atom stereocenters. The maximum Gasteiger partial charge on any atom is 0.121 e. The summed E-state index contributed by atoms with van der Waals surface area (Å²) in [7, 11) is 3.25. The van der Waals surface area contributed by atoms with Crippen molar-refractivity contribution in [1.82, 2.24) is 0 Å². The van der Waals surface area contributed by atoms with Gasteiger partial charge in [-0.3, -0.25) is 0 Å². The number of ether oxygens (including phenoxy) is 3. The van der Waals surface area contributed by atoms with Gasteiger partial charge in [0.1, 0.15) is 11.2 Å². The molecule has 0 radical (unpaired) electrons. The second-order valence-corrected chi connectivity index (χ2v) is 3.78. The summed E-state index contributed by atoms with van der Waals surface area (Å²) in [5.74, 6) is 0. The van der Waals surface area contributed by atoms with Gasteiger partial charge in [-0.1, -0.05) is 0 Å². The third-order valence-corrected chi connectivity index (χ3v) is 3.14. The van der Waals surface area contributed by atoms with E-state index in [9.17, 15) is 0 Å². The standard InChI is InChI=1S/C7H10O2.C2H6O/c1-2-7(5-9-7)6(1)3-4-8-6;1-3-2/h1-5H2;1-2H3. The Bertz CT molecular complexity index is 165. The monoisotopic (exact) mass is 172 g/mol. The van der Waals surface area contributed by atoms with Crippen LogP contribution in [-0.2, 0) is 14.2 Å². The van der Waals surface area contributed by atoms with Crippen molar-refractivity contribution in [2.75, 3.05) is 27.4 Å². The minimum absolute atomic E-state index is 0.229. The zero-order valence-electron chi connectivity index (χ0n) is 7.76. The van der Waals surface area contributed by atoms with Gasteiger partial charge in [-0.2, -0.15) is 0 Å². The highest BCUT2D eigenvalue weighted by Crippen LogP contribution is 2.61. The first-order valence-corrected chi connectivity index (χ1v) is 4.47. The zero-order chi connectivity index (χ0) is 8.66. The van der Waals surface area contributed by atoms with E-state index < -0.39 is 0 Å². The average molecular weight is 172 g/mol. The van der Waals surface area contributed by atoms with Crippen molar-refractivity contribution in [3.05, 3.63) is 0 Å². The van der Waals surface area contributed by atoms with Crippen LogP contribution in [0.1, 0.15) is 19.3 Å². The quantitative estimate of drug-likeness (QED) is 0.510. The van der Waals surface area contributed by atoms with Crippen molar-refractivity contribution in [2.24, 2.45) is 0 Å². The van der Waals surface area contributed by atoms with Gasteiger partial charge >= 0.3 is 0 Å². The van der Waals surface area contributed by atoms with E-state index in [-0.39, 0.29) is 11.2 Å². The fourth-order valence-electron chi connectivity index (χ4n) is 2.08. The SMILES string of the molecule is C1CC2(CCC23CO3)O1.COC. The first kappa shape index (κ1) is 8.48. The molecule has 0 amide bonds. The molecule has 3 rings (SSSR count). The van der Waals surface area contributed by atoms with E-state index in [2.05, 4.69) is 4.74 Å². The second-order valence-electron chi connectivity index (χ2n) is 3.78. The van der Waals surface area contributed by atoms with E-state index in [1.807, 2.05) is 0 Å². The molecule has 3 nitrogen and oxygen atoms in total. The van der Waals surface area contributed by atoms with Crippen LogP contribution in [-0.4, -0.2) is 38.6 Å². The van der Waals surface area contributed by atoms with Crippen molar-refractivity contribution in [1.29, 1.82) is 0 Å². The van der Waals surface area contributed by atoms with Crippen molar-refractivity contribution in [3.8, 4) is 0 Å². The summed E-state index contributed by atoms with van der Waals surface area (Å²) < 4.78 is 15.1. The second kappa shape index (κ2) is 2.69. The van der Waals surface area contributed by atoms with Crippen molar-refractivity contribution < 1.29 is 14.2 Å². The number of methoxy groups -OCH3 is 1. The fraction of sp³-hybridized carbons (Fsp3) is 1.00. The van der Waals surface area contributed by atoms with Crippen LogP contribution >= 0.6 is 0 Å². The molecule has 2 saturated heterocycles. The maximum absolute atomic E-state index is 5.51. The molecule has 0 bridgehead atoms. The molecule has 0 aromatic carbocycles. The lowest BCUT2D eigenvalue weighted by Crippen LogP contribution is -2.63. The third kappa shape index (κ3) is 0.934. The largest absolute Gasteiger partial charge is 0.388 e. The lowest BCUT2D eigenvalue weighted by atomic mass is 9.65. The van der Waals surface area contributed by atoms with Crippen LogP contribution in [0, 0.1) is 0 Å². The molecule has 2 atom stereocenters. The molecule has 0 aromatic heterocycles. The molecule has 70 valence electrons. The minimum Gasteiger partial charge on any atom is -0.388 e. The number of hydrogen-bond acceptors (Lipinski definition) is 3. The molecular formula is C9H16O3. The van der Waals surface area contributed by atoms with Crippen LogP contribution in [0.5, 0.6) is 0 Å². The highest BCUT2D eigenvalue weighted by Gasteiger charge is 2.71. The van der Waals surface area contributed by atoms with Crippen molar-refractivity contribution in [3.63, 3.8) is 0 Å². The maximum atomic E-state index is 5.51. The summed E-state index contributed by atoms with van der Waals surface area (Å²) >= 11 is 0. The minimum atomic E-state index is 0.229. The topological polar surface area (TPSA) is 31.0 Å². The Hall–Kier alpha value is -0.120. The highest BCUT2D eigenvalue weighted by molar-refractivity contribution is 5.21. The molecule has 1 aliphatic carbocycles. The average Bonchev–Trinajstić information content (AvgIpc) is 2.62. The van der Waals surface area contributed by atoms with E-state index in [1.165, 1.54) is 19.3 Å². The normalized spacial score (nSPS) is 47.5. The Morgan fingerprint density at radius 1 is 1.00 bits per heavy atom. The van der Waals surface area contributed by atoms with E-state index >= 15 is 0 Å². The summed E-state index contributed by atoms with van der Waals surface area (Å²) in [6, 6.07) is 0. The summed E-state index contributed by atoms with van der Waals surface area (Å²) in [4.78, 5) is 0. The first-order chi connectivity index (χ1) is 5.79. The third-order valence-electron chi connectivity index (χ3n) is 3.14. The van der Waals surface area contributed by atoms with Crippen LogP contribution < -0.4 is 0 Å². The molecule has 2 aliphatic heterocycles. The van der Waals surface area contributed by atoms with Crippen LogP contribution in [0.3, 0.4) is 0 Å².